The van der Waals surface area contributed by atoms with Gasteiger partial charge in [-0.1, -0.05) is 29.8 Å². The number of amides is 1. The van der Waals surface area contributed by atoms with Crippen LogP contribution >= 0.6 is 11.6 Å². The summed E-state index contributed by atoms with van der Waals surface area (Å²) in [6, 6.07) is 12.0. The molecule has 0 spiro atoms. The number of nitrogens with one attached hydrogen (secondary N) is 1. The molecule has 0 radical (unpaired) electrons. The molecule has 0 saturated carbocycles. The fraction of sp³-hybridized carbons (Fsp3) is 0.409. The summed E-state index contributed by atoms with van der Waals surface area (Å²) >= 11 is 6.14. The maximum absolute atomic E-state index is 13.3. The van der Waals surface area contributed by atoms with Gasteiger partial charge >= 0.3 is 0 Å². The lowest BCUT2D eigenvalue weighted by atomic mass is 10.0. The van der Waals surface area contributed by atoms with Crippen LogP contribution in [-0.4, -0.2) is 50.8 Å². The van der Waals surface area contributed by atoms with Crippen LogP contribution in [0.1, 0.15) is 23.6 Å². The number of carbonyl (C=O) groups excluding carboxylic acids is 1. The molecule has 0 bridgehead atoms. The quantitative estimate of drug-likeness (QED) is 0.708. The van der Waals surface area contributed by atoms with E-state index in [0.717, 1.165) is 24.2 Å². The van der Waals surface area contributed by atoms with Gasteiger partial charge < -0.3 is 14.8 Å². The number of carbonyl (C=O) groups is 1. The Morgan fingerprint density at radius 3 is 2.62 bits per heavy atom. The summed E-state index contributed by atoms with van der Waals surface area (Å²) in [5, 5.41) is 3.56. The molecule has 1 heterocycles. The molecule has 5 nitrogen and oxygen atoms in total. The van der Waals surface area contributed by atoms with Gasteiger partial charge in [-0.05, 0) is 41.8 Å². The SMILES string of the molecule is COc1ccc(CCC(=O)NCC(c2ccc(F)cc2)N2CCOCC2)cc1Cl. The Kier molecular flexibility index (Phi) is 7.86. The van der Waals surface area contributed by atoms with Crippen molar-refractivity contribution in [1.82, 2.24) is 10.2 Å². The molecule has 1 aliphatic rings. The number of rotatable bonds is 8. The van der Waals surface area contributed by atoms with E-state index in [9.17, 15) is 9.18 Å². The normalized spacial score (nSPS) is 15.7. The summed E-state index contributed by atoms with van der Waals surface area (Å²) in [5.74, 6) is 0.321. The molecule has 1 saturated heterocycles. The van der Waals surface area contributed by atoms with Gasteiger partial charge in [0.05, 0.1) is 31.4 Å². The second kappa shape index (κ2) is 10.6. The average molecular weight is 421 g/mol. The standard InChI is InChI=1S/C22H26ClFN2O3/c1-28-21-8-2-16(14-19(21)23)3-9-22(27)25-15-20(26-10-12-29-13-11-26)17-4-6-18(24)7-5-17/h2,4-8,14,20H,3,9-13,15H2,1H3,(H,25,27). The zero-order valence-corrected chi connectivity index (χ0v) is 17.3. The number of hydrogen-bond acceptors (Lipinski definition) is 4. The van der Waals surface area contributed by atoms with E-state index < -0.39 is 0 Å². The third-order valence-corrected chi connectivity index (χ3v) is 5.39. The highest BCUT2D eigenvalue weighted by Gasteiger charge is 2.23. The van der Waals surface area contributed by atoms with E-state index >= 15 is 0 Å². The van der Waals surface area contributed by atoms with Crippen molar-refractivity contribution in [3.8, 4) is 5.75 Å². The number of nitrogens with zero attached hydrogens (tertiary/aromatic N) is 1. The van der Waals surface area contributed by atoms with Gasteiger partial charge in [0.25, 0.3) is 0 Å². The van der Waals surface area contributed by atoms with Gasteiger partial charge in [0.2, 0.25) is 5.91 Å². The molecule has 2 aromatic carbocycles. The summed E-state index contributed by atoms with van der Waals surface area (Å²) in [6.07, 6.45) is 0.955. The highest BCUT2D eigenvalue weighted by atomic mass is 35.5. The molecule has 29 heavy (non-hydrogen) atoms. The summed E-state index contributed by atoms with van der Waals surface area (Å²) in [6.45, 7) is 3.34. The van der Waals surface area contributed by atoms with Crippen molar-refractivity contribution < 1.29 is 18.7 Å². The number of benzene rings is 2. The van der Waals surface area contributed by atoms with Gasteiger partial charge in [-0.25, -0.2) is 4.39 Å². The molecule has 156 valence electrons. The topological polar surface area (TPSA) is 50.8 Å². The van der Waals surface area contributed by atoms with Gasteiger partial charge in [0.15, 0.2) is 0 Å². The van der Waals surface area contributed by atoms with E-state index in [1.807, 2.05) is 12.1 Å². The first-order chi connectivity index (χ1) is 14.1. The van der Waals surface area contributed by atoms with Gasteiger partial charge in [-0.3, -0.25) is 9.69 Å². The lowest BCUT2D eigenvalue weighted by Crippen LogP contribution is -2.43. The van der Waals surface area contributed by atoms with Crippen LogP contribution in [0, 0.1) is 5.82 Å². The Bertz CT molecular complexity index is 810. The molecule has 1 fully saturated rings. The van der Waals surface area contributed by atoms with Gasteiger partial charge in [0.1, 0.15) is 11.6 Å². The van der Waals surface area contributed by atoms with E-state index in [-0.39, 0.29) is 17.8 Å². The van der Waals surface area contributed by atoms with Crippen molar-refractivity contribution >= 4 is 17.5 Å². The van der Waals surface area contributed by atoms with Crippen molar-refractivity contribution in [1.29, 1.82) is 0 Å². The van der Waals surface area contributed by atoms with Crippen LogP contribution in [0.5, 0.6) is 5.75 Å². The van der Waals surface area contributed by atoms with Crippen molar-refractivity contribution in [2.75, 3.05) is 40.0 Å². The van der Waals surface area contributed by atoms with Gasteiger partial charge in [-0.15, -0.1) is 0 Å². The molecule has 1 N–H and O–H groups in total. The second-order valence-corrected chi connectivity index (χ2v) is 7.40. The molecule has 1 atom stereocenters. The van der Waals surface area contributed by atoms with E-state index in [1.165, 1.54) is 12.1 Å². The Balaban J connectivity index is 1.57. The largest absolute Gasteiger partial charge is 0.495 e. The van der Waals surface area contributed by atoms with E-state index in [1.54, 1.807) is 25.3 Å². The Hall–Kier alpha value is -2.15. The Labute approximate surface area is 175 Å². The van der Waals surface area contributed by atoms with Crippen LogP contribution in [0.15, 0.2) is 42.5 Å². The summed E-state index contributed by atoms with van der Waals surface area (Å²) in [4.78, 5) is 14.7. The molecule has 1 unspecified atom stereocenters. The Morgan fingerprint density at radius 1 is 1.24 bits per heavy atom. The van der Waals surface area contributed by atoms with Crippen molar-refractivity contribution in [2.45, 2.75) is 18.9 Å². The lowest BCUT2D eigenvalue weighted by molar-refractivity contribution is -0.121. The molecular weight excluding hydrogens is 395 g/mol. The van der Waals surface area contributed by atoms with Crippen LogP contribution in [0.4, 0.5) is 4.39 Å². The zero-order chi connectivity index (χ0) is 20.6. The molecule has 3 rings (SSSR count). The van der Waals surface area contributed by atoms with E-state index in [2.05, 4.69) is 10.2 Å². The minimum Gasteiger partial charge on any atom is -0.495 e. The lowest BCUT2D eigenvalue weighted by Gasteiger charge is -2.35. The molecule has 0 aliphatic carbocycles. The minimum absolute atomic E-state index is 0.0149. The molecular formula is C22H26ClFN2O3. The van der Waals surface area contributed by atoms with Crippen molar-refractivity contribution in [3.63, 3.8) is 0 Å². The molecule has 0 aromatic heterocycles. The van der Waals surface area contributed by atoms with Crippen LogP contribution in [-0.2, 0) is 16.0 Å². The number of morpholine rings is 1. The first kappa shape index (κ1) is 21.6. The number of aryl methyl sites for hydroxylation is 1. The molecule has 7 heteroatoms. The smallest absolute Gasteiger partial charge is 0.220 e. The highest BCUT2D eigenvalue weighted by molar-refractivity contribution is 6.32. The first-order valence-corrected chi connectivity index (χ1v) is 10.1. The predicted octanol–water partition coefficient (Wildman–Crippen LogP) is 3.61. The minimum atomic E-state index is -0.267. The number of ether oxygens (including phenoxy) is 2. The maximum atomic E-state index is 13.3. The monoisotopic (exact) mass is 420 g/mol. The highest BCUT2D eigenvalue weighted by Crippen LogP contribution is 2.25. The second-order valence-electron chi connectivity index (χ2n) is 6.99. The zero-order valence-electron chi connectivity index (χ0n) is 16.5. The van der Waals surface area contributed by atoms with Crippen LogP contribution in [0.25, 0.3) is 0 Å². The summed E-state index contributed by atoms with van der Waals surface area (Å²) in [7, 11) is 1.57. The van der Waals surface area contributed by atoms with Crippen molar-refractivity contribution in [2.24, 2.45) is 0 Å². The number of hydrogen-bond donors (Lipinski definition) is 1. The fourth-order valence-corrected chi connectivity index (χ4v) is 3.73. The molecule has 1 amide bonds. The third-order valence-electron chi connectivity index (χ3n) is 5.09. The van der Waals surface area contributed by atoms with Crippen molar-refractivity contribution in [3.05, 3.63) is 64.4 Å². The van der Waals surface area contributed by atoms with Gasteiger partial charge in [0, 0.05) is 26.1 Å². The van der Waals surface area contributed by atoms with Gasteiger partial charge in [-0.2, -0.15) is 0 Å². The summed E-state index contributed by atoms with van der Waals surface area (Å²) < 4.78 is 23.9. The van der Waals surface area contributed by atoms with Crippen LogP contribution in [0.3, 0.4) is 0 Å². The predicted molar refractivity (Wildman–Crippen MR) is 111 cm³/mol. The summed E-state index contributed by atoms with van der Waals surface area (Å²) in [5.41, 5.74) is 1.96. The van der Waals surface area contributed by atoms with Crippen LogP contribution in [0.2, 0.25) is 5.02 Å². The number of halogens is 2. The van der Waals surface area contributed by atoms with E-state index in [0.29, 0.717) is 43.4 Å². The third kappa shape index (κ3) is 6.16. The fourth-order valence-electron chi connectivity index (χ4n) is 3.45. The maximum Gasteiger partial charge on any atom is 0.220 e. The van der Waals surface area contributed by atoms with E-state index in [4.69, 9.17) is 21.1 Å². The Morgan fingerprint density at radius 2 is 1.97 bits per heavy atom. The average Bonchev–Trinajstić information content (AvgIpc) is 2.74. The van der Waals surface area contributed by atoms with Crippen LogP contribution < -0.4 is 10.1 Å². The molecule has 1 aliphatic heterocycles. The molecule has 2 aromatic rings. The first-order valence-electron chi connectivity index (χ1n) is 9.73. The number of methoxy groups -OCH3 is 1.